The van der Waals surface area contributed by atoms with E-state index >= 15 is 0 Å². The highest BCUT2D eigenvalue weighted by molar-refractivity contribution is 5.96. The minimum absolute atomic E-state index is 0.825. The molecule has 0 amide bonds. The zero-order valence-corrected chi connectivity index (χ0v) is 21.9. The van der Waals surface area contributed by atoms with Crippen molar-refractivity contribution in [2.45, 2.75) is 0 Å². The number of ether oxygens (including phenoxy) is 1. The Morgan fingerprint density at radius 3 is 1.55 bits per heavy atom. The van der Waals surface area contributed by atoms with Gasteiger partial charge in [0.25, 0.3) is 0 Å². The highest BCUT2D eigenvalue weighted by Gasteiger charge is 2.21. The second-order valence-corrected chi connectivity index (χ2v) is 9.56. The number of rotatable bonds is 4. The zero-order chi connectivity index (χ0) is 28.0. The third-order valence-electron chi connectivity index (χ3n) is 6.02. The highest BCUT2D eigenvalue weighted by atomic mass is 35.7. The van der Waals surface area contributed by atoms with Crippen molar-refractivity contribution in [3.63, 3.8) is 0 Å². The van der Waals surface area contributed by atoms with Gasteiger partial charge in [-0.1, -0.05) is 84.9 Å². The van der Waals surface area contributed by atoms with E-state index in [0.717, 1.165) is 56.4 Å². The normalized spacial score (nSPS) is 13.4. The fourth-order valence-electron chi connectivity index (χ4n) is 4.30. The molecule has 2 heterocycles. The second kappa shape index (κ2) is 12.1. The molecule has 0 saturated heterocycles. The number of fused-ring (bicyclic) bond motifs is 1. The van der Waals surface area contributed by atoms with E-state index in [2.05, 4.69) is 66.7 Å². The molecule has 198 valence electrons. The first kappa shape index (κ1) is 27.0. The summed E-state index contributed by atoms with van der Waals surface area (Å²) in [5.41, 5.74) is 6.34. The summed E-state index contributed by atoms with van der Waals surface area (Å²) in [6.07, 6.45) is 4.32. The van der Waals surface area contributed by atoms with Crippen LogP contribution in [0.15, 0.2) is 138 Å². The summed E-state index contributed by atoms with van der Waals surface area (Å²) < 4.78 is 46.6. The summed E-state index contributed by atoms with van der Waals surface area (Å²) in [5, 5.41) is 0. The predicted molar refractivity (Wildman–Crippen MR) is 143 cm³/mol. The first-order chi connectivity index (χ1) is 19.3. The Bertz CT molecular complexity index is 1580. The first-order valence-corrected chi connectivity index (χ1v) is 13.5. The molecular weight excluding hydrogens is 528 g/mol. The summed E-state index contributed by atoms with van der Waals surface area (Å²) >= 11 is 0. The lowest BCUT2D eigenvalue weighted by Crippen LogP contribution is -2.68. The standard InChI is InChI=1S/C33H23O2.ClHO4/c1-4-12-25(13-5-1)31-21-24(22-32(35-31)26-14-6-2-7-15-26)20-28-23-33(27-16-8-3-9-17-27)34-30-19-11-10-18-29(28)30;2-1(3,4)5/h1-23H;(H,2,3,4,5)/q+1;/p-1. The molecule has 0 radical (unpaired) electrons. The van der Waals surface area contributed by atoms with Crippen molar-refractivity contribution in [3.8, 4) is 28.4 Å². The number of benzene rings is 4. The summed E-state index contributed by atoms with van der Waals surface area (Å²) in [4.78, 5) is 0. The monoisotopic (exact) mass is 550 g/mol. The number of allylic oxidation sites excluding steroid dienone is 2. The van der Waals surface area contributed by atoms with Gasteiger partial charge in [-0.3, -0.25) is 0 Å². The fraction of sp³-hybridized carbons (Fsp3) is 0. The van der Waals surface area contributed by atoms with Crippen molar-refractivity contribution in [1.29, 1.82) is 0 Å². The van der Waals surface area contributed by atoms with Gasteiger partial charge in [0, 0.05) is 11.1 Å². The molecule has 0 aliphatic carbocycles. The Balaban J connectivity index is 0.000000595. The predicted octanol–water partition coefficient (Wildman–Crippen LogP) is 4.11. The average molecular weight is 551 g/mol. The smallest absolute Gasteiger partial charge is 0.361 e. The molecule has 6 nitrogen and oxygen atoms in total. The Labute approximate surface area is 233 Å². The van der Waals surface area contributed by atoms with Crippen LogP contribution in [0.1, 0.15) is 16.7 Å². The molecule has 7 heteroatoms. The Morgan fingerprint density at radius 1 is 0.575 bits per heavy atom. The molecule has 0 N–H and O–H groups in total. The minimum atomic E-state index is -4.94. The van der Waals surface area contributed by atoms with E-state index in [1.165, 1.54) is 0 Å². The maximum absolute atomic E-state index is 8.49. The average Bonchev–Trinajstić information content (AvgIpc) is 2.97. The lowest BCUT2D eigenvalue weighted by molar-refractivity contribution is -2.00. The number of para-hydroxylation sites is 1. The quantitative estimate of drug-likeness (QED) is 0.311. The largest absolute Gasteiger partial charge is 0.456 e. The Kier molecular flexibility index (Phi) is 8.17. The third kappa shape index (κ3) is 7.09. The zero-order valence-electron chi connectivity index (χ0n) is 21.1. The van der Waals surface area contributed by atoms with Gasteiger partial charge in [-0.15, -0.1) is 10.2 Å². The van der Waals surface area contributed by atoms with Crippen LogP contribution in [0, 0.1) is 10.2 Å². The van der Waals surface area contributed by atoms with E-state index in [0.29, 0.717) is 0 Å². The number of hydrogen-bond donors (Lipinski definition) is 0. The van der Waals surface area contributed by atoms with Crippen LogP contribution in [-0.2, 0) is 0 Å². The van der Waals surface area contributed by atoms with Gasteiger partial charge >= 0.3 is 11.5 Å². The van der Waals surface area contributed by atoms with E-state index in [9.17, 15) is 0 Å². The van der Waals surface area contributed by atoms with Gasteiger partial charge in [-0.2, -0.15) is 0 Å². The first-order valence-electron chi connectivity index (χ1n) is 12.3. The van der Waals surface area contributed by atoms with E-state index in [-0.39, 0.29) is 0 Å². The highest BCUT2D eigenvalue weighted by Crippen LogP contribution is 2.38. The lowest BCUT2D eigenvalue weighted by Gasteiger charge is -2.20. The minimum Gasteiger partial charge on any atom is -0.456 e. The molecule has 0 fully saturated rings. The SMILES string of the molecule is C1=C(c2ccccc2)Oc2ccccc2/C1=C\c1cc(-c2ccccc2)[o+]c(-c2ccccc2)c1.[O-][Cl+3]([O-])([O-])[O-]. The van der Waals surface area contributed by atoms with Gasteiger partial charge in [-0.25, -0.2) is 23.1 Å². The van der Waals surface area contributed by atoms with Gasteiger partial charge in [0.1, 0.15) is 11.5 Å². The van der Waals surface area contributed by atoms with E-state index in [1.54, 1.807) is 0 Å². The molecule has 4 aromatic carbocycles. The molecule has 40 heavy (non-hydrogen) atoms. The van der Waals surface area contributed by atoms with Gasteiger partial charge in [0.15, 0.2) is 0 Å². The molecule has 1 aliphatic rings. The van der Waals surface area contributed by atoms with E-state index in [4.69, 9.17) is 27.8 Å². The summed E-state index contributed by atoms with van der Waals surface area (Å²) in [5.74, 6) is 3.34. The Morgan fingerprint density at radius 2 is 1.02 bits per heavy atom. The molecule has 0 bridgehead atoms. The molecule has 1 aromatic heterocycles. The molecule has 5 aromatic rings. The van der Waals surface area contributed by atoms with Crippen LogP contribution in [-0.4, -0.2) is 0 Å². The van der Waals surface area contributed by atoms with Crippen LogP contribution in [0.4, 0.5) is 0 Å². The van der Waals surface area contributed by atoms with Crippen LogP contribution in [0.2, 0.25) is 0 Å². The van der Waals surface area contributed by atoms with E-state index in [1.807, 2.05) is 72.8 Å². The Hall–Kier alpha value is -4.56. The van der Waals surface area contributed by atoms with Crippen LogP contribution >= 0.6 is 0 Å². The van der Waals surface area contributed by atoms with Gasteiger partial charge in [0.2, 0.25) is 0 Å². The molecular formula is C33H23ClO6. The maximum atomic E-state index is 8.49. The molecule has 6 rings (SSSR count). The van der Waals surface area contributed by atoms with Crippen LogP contribution in [0.5, 0.6) is 5.75 Å². The summed E-state index contributed by atoms with van der Waals surface area (Å²) in [6, 6.07) is 43.0. The van der Waals surface area contributed by atoms with Gasteiger partial charge in [0.05, 0.1) is 23.3 Å². The molecule has 0 saturated carbocycles. The molecule has 0 unspecified atom stereocenters. The summed E-state index contributed by atoms with van der Waals surface area (Å²) in [6.45, 7) is 0. The van der Waals surface area contributed by atoms with Crippen LogP contribution in [0.3, 0.4) is 0 Å². The van der Waals surface area contributed by atoms with Crippen molar-refractivity contribution in [1.82, 2.24) is 0 Å². The van der Waals surface area contributed by atoms with Gasteiger partial charge in [-0.05, 0) is 53.6 Å². The molecule has 1 aliphatic heterocycles. The van der Waals surface area contributed by atoms with Crippen molar-refractivity contribution in [2.24, 2.45) is 0 Å². The maximum Gasteiger partial charge on any atom is 0.361 e. The number of halogens is 1. The fourth-order valence-corrected chi connectivity index (χ4v) is 4.30. The van der Waals surface area contributed by atoms with Crippen molar-refractivity contribution < 1.29 is 38.0 Å². The second-order valence-electron chi connectivity index (χ2n) is 8.80. The number of hydrogen-bond acceptors (Lipinski definition) is 5. The van der Waals surface area contributed by atoms with Gasteiger partial charge < -0.3 is 4.74 Å². The lowest BCUT2D eigenvalue weighted by atomic mass is 9.97. The van der Waals surface area contributed by atoms with Crippen molar-refractivity contribution >= 4 is 17.4 Å². The van der Waals surface area contributed by atoms with Crippen LogP contribution in [0.25, 0.3) is 40.1 Å². The molecule has 0 atom stereocenters. The summed E-state index contributed by atoms with van der Waals surface area (Å²) in [7, 11) is -4.94. The third-order valence-corrected chi connectivity index (χ3v) is 6.02. The molecule has 0 spiro atoms. The topological polar surface area (TPSA) is 113 Å². The van der Waals surface area contributed by atoms with Crippen molar-refractivity contribution in [2.75, 3.05) is 0 Å². The van der Waals surface area contributed by atoms with Crippen molar-refractivity contribution in [3.05, 3.63) is 150 Å². The van der Waals surface area contributed by atoms with E-state index < -0.39 is 10.2 Å². The van der Waals surface area contributed by atoms with Crippen LogP contribution < -0.4 is 23.4 Å².